The van der Waals surface area contributed by atoms with Crippen LogP contribution < -0.4 is 4.74 Å². The van der Waals surface area contributed by atoms with Gasteiger partial charge in [-0.05, 0) is 79.1 Å². The molecular weight excluding hydrogens is 337 g/mol. The maximum Gasteiger partial charge on any atom is 0.120 e. The minimum absolute atomic E-state index is 0.826. The third-order valence-electron chi connectivity index (χ3n) is 3.56. The molecule has 0 aliphatic carbocycles. The summed E-state index contributed by atoms with van der Waals surface area (Å²) in [5.74, 6) is 1.91. The topological polar surface area (TPSA) is 12.5 Å². The van der Waals surface area contributed by atoms with Crippen molar-refractivity contribution in [3.63, 3.8) is 0 Å². The SMILES string of the molecule is CC1CCN(CCCOc2cccc(I)c2)CC1. The summed E-state index contributed by atoms with van der Waals surface area (Å²) in [7, 11) is 0. The van der Waals surface area contributed by atoms with E-state index in [-0.39, 0.29) is 0 Å². The van der Waals surface area contributed by atoms with E-state index in [4.69, 9.17) is 4.74 Å². The summed E-state index contributed by atoms with van der Waals surface area (Å²) in [4.78, 5) is 2.57. The second-order valence-corrected chi connectivity index (χ2v) is 6.43. The molecule has 0 amide bonds. The third-order valence-corrected chi connectivity index (χ3v) is 4.23. The van der Waals surface area contributed by atoms with E-state index < -0.39 is 0 Å². The molecular formula is C15H22INO. The van der Waals surface area contributed by atoms with Gasteiger partial charge >= 0.3 is 0 Å². The number of rotatable bonds is 5. The molecule has 1 aromatic rings. The Hall–Kier alpha value is -0.290. The molecule has 0 radical (unpaired) electrons. The predicted molar refractivity (Wildman–Crippen MR) is 84.1 cm³/mol. The van der Waals surface area contributed by atoms with Crippen LogP contribution in [0.15, 0.2) is 24.3 Å². The van der Waals surface area contributed by atoms with Gasteiger partial charge in [0.1, 0.15) is 5.75 Å². The van der Waals surface area contributed by atoms with E-state index in [9.17, 15) is 0 Å². The van der Waals surface area contributed by atoms with Crippen LogP contribution >= 0.6 is 22.6 Å². The van der Waals surface area contributed by atoms with Crippen molar-refractivity contribution in [2.24, 2.45) is 5.92 Å². The Labute approximate surface area is 124 Å². The molecule has 1 aliphatic heterocycles. The highest BCUT2D eigenvalue weighted by Gasteiger charge is 2.14. The molecule has 0 spiro atoms. The molecule has 0 aromatic heterocycles. The van der Waals surface area contributed by atoms with Gasteiger partial charge in [0.2, 0.25) is 0 Å². The van der Waals surface area contributed by atoms with Crippen molar-refractivity contribution in [1.82, 2.24) is 4.90 Å². The van der Waals surface area contributed by atoms with Gasteiger partial charge in [-0.2, -0.15) is 0 Å². The first kappa shape index (κ1) is 14.1. The van der Waals surface area contributed by atoms with Crippen LogP contribution in [0.4, 0.5) is 0 Å². The van der Waals surface area contributed by atoms with Gasteiger partial charge in [-0.3, -0.25) is 0 Å². The Kier molecular flexibility index (Phi) is 5.76. The monoisotopic (exact) mass is 359 g/mol. The van der Waals surface area contributed by atoms with Crippen molar-refractivity contribution in [3.05, 3.63) is 27.8 Å². The number of hydrogen-bond donors (Lipinski definition) is 0. The molecule has 1 fully saturated rings. The van der Waals surface area contributed by atoms with E-state index in [1.807, 2.05) is 12.1 Å². The summed E-state index contributed by atoms with van der Waals surface area (Å²) >= 11 is 2.32. The van der Waals surface area contributed by atoms with Gasteiger partial charge in [-0.1, -0.05) is 13.0 Å². The maximum atomic E-state index is 5.77. The lowest BCUT2D eigenvalue weighted by molar-refractivity contribution is 0.177. The largest absolute Gasteiger partial charge is 0.494 e. The van der Waals surface area contributed by atoms with Crippen LogP contribution in [0.3, 0.4) is 0 Å². The fourth-order valence-corrected chi connectivity index (χ4v) is 2.84. The van der Waals surface area contributed by atoms with E-state index in [2.05, 4.69) is 46.5 Å². The van der Waals surface area contributed by atoms with Gasteiger partial charge in [0.25, 0.3) is 0 Å². The minimum Gasteiger partial charge on any atom is -0.494 e. The van der Waals surface area contributed by atoms with Crippen molar-refractivity contribution >= 4 is 22.6 Å². The van der Waals surface area contributed by atoms with E-state index in [1.165, 1.54) is 36.0 Å². The van der Waals surface area contributed by atoms with Crippen LogP contribution in [0.5, 0.6) is 5.75 Å². The first-order chi connectivity index (χ1) is 8.74. The van der Waals surface area contributed by atoms with Gasteiger partial charge in [-0.25, -0.2) is 0 Å². The number of ether oxygens (including phenoxy) is 1. The molecule has 1 aromatic carbocycles. The van der Waals surface area contributed by atoms with Gasteiger partial charge < -0.3 is 9.64 Å². The first-order valence-corrected chi connectivity index (χ1v) is 7.92. The molecule has 2 nitrogen and oxygen atoms in total. The molecule has 2 rings (SSSR count). The van der Waals surface area contributed by atoms with Crippen molar-refractivity contribution in [3.8, 4) is 5.75 Å². The van der Waals surface area contributed by atoms with Crippen LogP contribution in [0.1, 0.15) is 26.2 Å². The third kappa shape index (κ3) is 4.76. The van der Waals surface area contributed by atoms with Crippen LogP contribution in [0.25, 0.3) is 0 Å². The average Bonchev–Trinajstić information content (AvgIpc) is 2.37. The van der Waals surface area contributed by atoms with Crippen LogP contribution in [-0.2, 0) is 0 Å². The minimum atomic E-state index is 0.826. The zero-order valence-corrected chi connectivity index (χ0v) is 13.2. The summed E-state index contributed by atoms with van der Waals surface area (Å²) in [5.41, 5.74) is 0. The zero-order valence-electron chi connectivity index (χ0n) is 11.1. The normalized spacial score (nSPS) is 17.9. The summed E-state index contributed by atoms with van der Waals surface area (Å²) in [5, 5.41) is 0. The number of halogens is 1. The lowest BCUT2D eigenvalue weighted by Gasteiger charge is -2.30. The second kappa shape index (κ2) is 7.34. The Balaban J connectivity index is 1.61. The highest BCUT2D eigenvalue weighted by Crippen LogP contribution is 2.17. The van der Waals surface area contributed by atoms with E-state index >= 15 is 0 Å². The standard InChI is InChI=1S/C15H22INO/c1-13-6-9-17(10-7-13)8-3-11-18-15-5-2-4-14(16)12-15/h2,4-5,12-13H,3,6-11H2,1H3. The second-order valence-electron chi connectivity index (χ2n) is 5.18. The highest BCUT2D eigenvalue weighted by molar-refractivity contribution is 14.1. The number of piperidine rings is 1. The summed E-state index contributed by atoms with van der Waals surface area (Å²) in [6, 6.07) is 8.25. The molecule has 0 saturated carbocycles. The average molecular weight is 359 g/mol. The molecule has 1 saturated heterocycles. The smallest absolute Gasteiger partial charge is 0.120 e. The molecule has 0 atom stereocenters. The summed E-state index contributed by atoms with van der Waals surface area (Å²) in [6.45, 7) is 6.90. The predicted octanol–water partition coefficient (Wildman–Crippen LogP) is 3.79. The molecule has 0 N–H and O–H groups in total. The van der Waals surface area contributed by atoms with E-state index in [0.717, 1.165) is 24.7 Å². The molecule has 0 bridgehead atoms. The zero-order chi connectivity index (χ0) is 12.8. The van der Waals surface area contributed by atoms with Crippen molar-refractivity contribution in [2.75, 3.05) is 26.2 Å². The van der Waals surface area contributed by atoms with Crippen LogP contribution in [0.2, 0.25) is 0 Å². The maximum absolute atomic E-state index is 5.77. The van der Waals surface area contributed by atoms with Gasteiger partial charge in [0.05, 0.1) is 6.61 Å². The van der Waals surface area contributed by atoms with Crippen molar-refractivity contribution in [2.45, 2.75) is 26.2 Å². The lowest BCUT2D eigenvalue weighted by atomic mass is 9.99. The lowest BCUT2D eigenvalue weighted by Crippen LogP contribution is -2.34. The van der Waals surface area contributed by atoms with Crippen molar-refractivity contribution < 1.29 is 4.74 Å². The Morgan fingerprint density at radius 2 is 2.11 bits per heavy atom. The highest BCUT2D eigenvalue weighted by atomic mass is 127. The Bertz CT molecular complexity index is 361. The van der Waals surface area contributed by atoms with Gasteiger partial charge in [0, 0.05) is 10.1 Å². The number of benzene rings is 1. The quantitative estimate of drug-likeness (QED) is 0.586. The molecule has 3 heteroatoms. The van der Waals surface area contributed by atoms with Gasteiger partial charge in [0.15, 0.2) is 0 Å². The van der Waals surface area contributed by atoms with Crippen molar-refractivity contribution in [1.29, 1.82) is 0 Å². The van der Waals surface area contributed by atoms with Gasteiger partial charge in [-0.15, -0.1) is 0 Å². The van der Waals surface area contributed by atoms with Crippen LogP contribution in [-0.4, -0.2) is 31.1 Å². The number of nitrogens with zero attached hydrogens (tertiary/aromatic N) is 1. The fraction of sp³-hybridized carbons (Fsp3) is 0.600. The fourth-order valence-electron chi connectivity index (χ4n) is 2.32. The first-order valence-electron chi connectivity index (χ1n) is 6.85. The van der Waals surface area contributed by atoms with Crippen LogP contribution in [0, 0.1) is 9.49 Å². The summed E-state index contributed by atoms with van der Waals surface area (Å²) < 4.78 is 7.00. The summed E-state index contributed by atoms with van der Waals surface area (Å²) in [6.07, 6.45) is 3.84. The Morgan fingerprint density at radius 3 is 2.83 bits per heavy atom. The molecule has 0 unspecified atom stereocenters. The van der Waals surface area contributed by atoms with E-state index in [0.29, 0.717) is 0 Å². The molecule has 18 heavy (non-hydrogen) atoms. The Morgan fingerprint density at radius 1 is 1.33 bits per heavy atom. The molecule has 1 heterocycles. The molecule has 100 valence electrons. The van der Waals surface area contributed by atoms with E-state index in [1.54, 1.807) is 0 Å². The molecule has 1 aliphatic rings. The number of likely N-dealkylation sites (tertiary alicyclic amines) is 1. The number of hydrogen-bond acceptors (Lipinski definition) is 2.